The Bertz CT molecular complexity index is 666. The van der Waals surface area contributed by atoms with Crippen molar-refractivity contribution >= 4 is 45.5 Å². The van der Waals surface area contributed by atoms with Crippen LogP contribution in [0.15, 0.2) is 12.1 Å². The first-order chi connectivity index (χ1) is 9.50. The zero-order chi connectivity index (χ0) is 16.0. The molecule has 2 aromatic heterocycles. The lowest BCUT2D eigenvalue weighted by Crippen LogP contribution is -2.17. The van der Waals surface area contributed by atoms with Gasteiger partial charge in [-0.05, 0) is 40.1 Å². The van der Waals surface area contributed by atoms with Crippen LogP contribution in [0.2, 0.25) is 5.15 Å². The highest BCUT2D eigenvalue weighted by atomic mass is 127. The number of thiophene rings is 1. The van der Waals surface area contributed by atoms with E-state index in [0.717, 1.165) is 20.0 Å². The van der Waals surface area contributed by atoms with Gasteiger partial charge in [-0.25, -0.2) is 9.97 Å². The zero-order valence-corrected chi connectivity index (χ0v) is 16.9. The lowest BCUT2D eigenvalue weighted by molar-refractivity contribution is 0.564. The Morgan fingerprint density at radius 3 is 2.10 bits per heavy atom. The van der Waals surface area contributed by atoms with Crippen LogP contribution in [0.25, 0.3) is 10.7 Å². The largest absolute Gasteiger partial charge is 0.231 e. The quantitative estimate of drug-likeness (QED) is 0.403. The molecule has 0 aliphatic heterocycles. The Morgan fingerprint density at radius 1 is 1.00 bits per heavy atom. The van der Waals surface area contributed by atoms with Crippen LogP contribution < -0.4 is 0 Å². The fraction of sp³-hybridized carbons (Fsp3) is 0.500. The monoisotopic (exact) mass is 434 g/mol. The summed E-state index contributed by atoms with van der Waals surface area (Å²) >= 11 is 10.3. The first-order valence-electron chi connectivity index (χ1n) is 6.84. The Hall–Kier alpha value is -0.200. The molecular weight excluding hydrogens is 415 g/mol. The molecule has 0 atom stereocenters. The van der Waals surface area contributed by atoms with E-state index in [1.807, 2.05) is 0 Å². The summed E-state index contributed by atoms with van der Waals surface area (Å²) in [6.45, 7) is 13.1. The number of hydrogen-bond acceptors (Lipinski definition) is 3. The molecule has 2 aromatic rings. The van der Waals surface area contributed by atoms with Crippen molar-refractivity contribution in [3.05, 3.63) is 31.4 Å². The SMILES string of the molecule is CC(C)(C)c1ccc(-c2nc(Cl)c(I)c(C(C)(C)C)n2)s1. The van der Waals surface area contributed by atoms with E-state index in [0.29, 0.717) is 5.15 Å². The van der Waals surface area contributed by atoms with Crippen molar-refractivity contribution in [3.63, 3.8) is 0 Å². The molecule has 2 rings (SSSR count). The van der Waals surface area contributed by atoms with Crippen LogP contribution in [-0.4, -0.2) is 9.97 Å². The molecule has 0 saturated heterocycles. The van der Waals surface area contributed by atoms with Crippen molar-refractivity contribution in [3.8, 4) is 10.7 Å². The van der Waals surface area contributed by atoms with Crippen LogP contribution in [-0.2, 0) is 10.8 Å². The van der Waals surface area contributed by atoms with Gasteiger partial charge in [-0.2, -0.15) is 0 Å². The molecule has 2 nitrogen and oxygen atoms in total. The second kappa shape index (κ2) is 5.78. The van der Waals surface area contributed by atoms with E-state index in [2.05, 4.69) is 81.3 Å². The van der Waals surface area contributed by atoms with Crippen LogP contribution in [0, 0.1) is 3.57 Å². The number of nitrogens with zero attached hydrogens (tertiary/aromatic N) is 2. The van der Waals surface area contributed by atoms with Crippen LogP contribution in [0.5, 0.6) is 0 Å². The molecule has 21 heavy (non-hydrogen) atoms. The maximum Gasteiger partial charge on any atom is 0.171 e. The summed E-state index contributed by atoms with van der Waals surface area (Å²) in [6, 6.07) is 4.25. The summed E-state index contributed by atoms with van der Waals surface area (Å²) in [5, 5.41) is 0.538. The number of halogens is 2. The Kier molecular flexibility index (Phi) is 4.72. The number of aromatic nitrogens is 2. The average molecular weight is 435 g/mol. The second-order valence-electron chi connectivity index (χ2n) is 7.16. The first kappa shape index (κ1) is 17.2. The zero-order valence-electron chi connectivity index (χ0n) is 13.2. The van der Waals surface area contributed by atoms with E-state index in [9.17, 15) is 0 Å². The standard InChI is InChI=1S/C16H20ClIN2S/c1-15(2,3)10-8-7-9(21-10)14-19-12(16(4,5)6)11(18)13(17)20-14/h7-8H,1-6H3. The van der Waals surface area contributed by atoms with Crippen molar-refractivity contribution in [2.24, 2.45) is 0 Å². The van der Waals surface area contributed by atoms with Crippen LogP contribution >= 0.6 is 45.5 Å². The van der Waals surface area contributed by atoms with E-state index < -0.39 is 0 Å². The van der Waals surface area contributed by atoms with E-state index in [1.165, 1.54) is 4.88 Å². The van der Waals surface area contributed by atoms with E-state index in [4.69, 9.17) is 16.6 Å². The Balaban J connectivity index is 2.55. The third-order valence-corrected chi connectivity index (χ3v) is 6.21. The van der Waals surface area contributed by atoms with Crippen molar-refractivity contribution in [2.45, 2.75) is 52.4 Å². The Morgan fingerprint density at radius 2 is 1.62 bits per heavy atom. The molecule has 0 fully saturated rings. The molecule has 0 saturated carbocycles. The summed E-state index contributed by atoms with van der Waals surface area (Å²) in [4.78, 5) is 11.6. The smallest absolute Gasteiger partial charge is 0.171 e. The van der Waals surface area contributed by atoms with Crippen molar-refractivity contribution in [2.75, 3.05) is 0 Å². The third kappa shape index (κ3) is 3.77. The molecule has 0 N–H and O–H groups in total. The van der Waals surface area contributed by atoms with Gasteiger partial charge in [-0.15, -0.1) is 11.3 Å². The molecule has 0 aliphatic rings. The first-order valence-corrected chi connectivity index (χ1v) is 9.11. The minimum absolute atomic E-state index is 0.0536. The van der Waals surface area contributed by atoms with Crippen molar-refractivity contribution < 1.29 is 0 Å². The van der Waals surface area contributed by atoms with Gasteiger partial charge in [0.15, 0.2) is 5.82 Å². The molecule has 2 heterocycles. The molecule has 0 amide bonds. The minimum Gasteiger partial charge on any atom is -0.231 e. The molecular formula is C16H20ClIN2S. The summed E-state index contributed by atoms with van der Waals surface area (Å²) in [5.41, 5.74) is 1.09. The molecule has 114 valence electrons. The average Bonchev–Trinajstić information content (AvgIpc) is 2.80. The predicted octanol–water partition coefficient (Wildman–Crippen LogP) is 6.06. The van der Waals surface area contributed by atoms with E-state index in [-0.39, 0.29) is 10.8 Å². The summed E-state index contributed by atoms with van der Waals surface area (Å²) in [7, 11) is 0. The van der Waals surface area contributed by atoms with Gasteiger partial charge in [0.25, 0.3) is 0 Å². The normalized spacial score (nSPS) is 12.8. The fourth-order valence-corrected chi connectivity index (χ4v) is 4.11. The molecule has 0 aliphatic carbocycles. The third-order valence-electron chi connectivity index (χ3n) is 3.09. The van der Waals surface area contributed by atoms with Gasteiger partial charge in [0.05, 0.1) is 14.1 Å². The van der Waals surface area contributed by atoms with Crippen LogP contribution in [0.3, 0.4) is 0 Å². The maximum absolute atomic E-state index is 6.32. The molecule has 0 spiro atoms. The summed E-state index contributed by atoms with van der Waals surface area (Å²) in [6.07, 6.45) is 0. The Labute approximate surface area is 149 Å². The van der Waals surface area contributed by atoms with Crippen molar-refractivity contribution in [1.82, 2.24) is 9.97 Å². The molecule has 0 bridgehead atoms. The molecule has 0 radical (unpaired) electrons. The lowest BCUT2D eigenvalue weighted by atomic mass is 9.92. The molecule has 0 unspecified atom stereocenters. The van der Waals surface area contributed by atoms with Gasteiger partial charge in [-0.3, -0.25) is 0 Å². The van der Waals surface area contributed by atoms with Crippen LogP contribution in [0.4, 0.5) is 0 Å². The van der Waals surface area contributed by atoms with Gasteiger partial charge in [-0.1, -0.05) is 53.1 Å². The number of rotatable bonds is 1. The number of hydrogen-bond donors (Lipinski definition) is 0. The predicted molar refractivity (Wildman–Crippen MR) is 100 cm³/mol. The fourth-order valence-electron chi connectivity index (χ4n) is 1.89. The van der Waals surface area contributed by atoms with Gasteiger partial charge in [0.2, 0.25) is 0 Å². The summed E-state index contributed by atoms with van der Waals surface area (Å²) < 4.78 is 0.943. The minimum atomic E-state index is -0.0536. The maximum atomic E-state index is 6.32. The van der Waals surface area contributed by atoms with Gasteiger partial charge >= 0.3 is 0 Å². The summed E-state index contributed by atoms with van der Waals surface area (Å²) in [5.74, 6) is 0.728. The highest BCUT2D eigenvalue weighted by molar-refractivity contribution is 14.1. The van der Waals surface area contributed by atoms with E-state index in [1.54, 1.807) is 11.3 Å². The molecule has 5 heteroatoms. The van der Waals surface area contributed by atoms with Gasteiger partial charge in [0, 0.05) is 10.3 Å². The highest BCUT2D eigenvalue weighted by Gasteiger charge is 2.24. The lowest BCUT2D eigenvalue weighted by Gasteiger charge is -2.20. The molecule has 0 aromatic carbocycles. The highest BCUT2D eigenvalue weighted by Crippen LogP contribution is 2.36. The van der Waals surface area contributed by atoms with Gasteiger partial charge < -0.3 is 0 Å². The van der Waals surface area contributed by atoms with Crippen LogP contribution in [0.1, 0.15) is 52.1 Å². The van der Waals surface area contributed by atoms with Crippen molar-refractivity contribution in [1.29, 1.82) is 0 Å². The van der Waals surface area contributed by atoms with Gasteiger partial charge in [0.1, 0.15) is 5.15 Å². The van der Waals surface area contributed by atoms with E-state index >= 15 is 0 Å². The topological polar surface area (TPSA) is 25.8 Å². The second-order valence-corrected chi connectivity index (χ2v) is 9.69.